The number of nitrogens with zero attached hydrogens (tertiary/aromatic N) is 1. The van der Waals surface area contributed by atoms with Gasteiger partial charge in [0.05, 0.1) is 0 Å². The summed E-state index contributed by atoms with van der Waals surface area (Å²) < 4.78 is 5.46. The van der Waals surface area contributed by atoms with Gasteiger partial charge in [0.15, 0.2) is 6.61 Å². The topological polar surface area (TPSA) is 66.8 Å². The van der Waals surface area contributed by atoms with Crippen LogP contribution in [0.1, 0.15) is 38.2 Å². The summed E-state index contributed by atoms with van der Waals surface area (Å²) in [5.41, 5.74) is 1.21. The number of hydrogen-bond acceptors (Lipinski definition) is 3. The van der Waals surface area contributed by atoms with Gasteiger partial charge in [0.1, 0.15) is 12.3 Å². The maximum absolute atomic E-state index is 12.0. The van der Waals surface area contributed by atoms with Crippen molar-refractivity contribution in [3.8, 4) is 5.75 Å². The molecule has 1 fully saturated rings. The van der Waals surface area contributed by atoms with E-state index in [2.05, 4.69) is 13.8 Å². The molecule has 0 heterocycles. The number of amides is 1. The fraction of sp³-hybridized carbons (Fsp3) is 0.500. The van der Waals surface area contributed by atoms with Crippen molar-refractivity contribution in [2.75, 3.05) is 13.2 Å². The predicted molar refractivity (Wildman–Crippen MR) is 78.4 cm³/mol. The van der Waals surface area contributed by atoms with Crippen LogP contribution >= 0.6 is 0 Å². The number of carbonyl (C=O) groups excluding carboxylic acids is 1. The second kappa shape index (κ2) is 6.61. The fourth-order valence-electron chi connectivity index (χ4n) is 2.13. The normalized spacial score (nSPS) is 14.0. The first-order valence-corrected chi connectivity index (χ1v) is 7.21. The van der Waals surface area contributed by atoms with Gasteiger partial charge in [-0.05, 0) is 36.5 Å². The maximum Gasteiger partial charge on any atom is 0.323 e. The van der Waals surface area contributed by atoms with Crippen molar-refractivity contribution >= 4 is 11.9 Å². The molecule has 1 aromatic carbocycles. The van der Waals surface area contributed by atoms with Gasteiger partial charge in [-0.15, -0.1) is 0 Å². The minimum Gasteiger partial charge on any atom is -0.484 e. The molecule has 114 valence electrons. The van der Waals surface area contributed by atoms with E-state index in [9.17, 15) is 9.59 Å². The van der Waals surface area contributed by atoms with Gasteiger partial charge in [-0.1, -0.05) is 26.0 Å². The third-order valence-electron chi connectivity index (χ3n) is 3.52. The highest BCUT2D eigenvalue weighted by atomic mass is 16.5. The molecule has 1 amide bonds. The summed E-state index contributed by atoms with van der Waals surface area (Å²) in [4.78, 5) is 24.2. The molecule has 0 spiro atoms. The Hall–Kier alpha value is -2.04. The molecule has 0 saturated heterocycles. The van der Waals surface area contributed by atoms with Crippen LogP contribution in [0.3, 0.4) is 0 Å². The van der Waals surface area contributed by atoms with E-state index in [4.69, 9.17) is 9.84 Å². The minimum absolute atomic E-state index is 0.0699. The molecule has 2 rings (SSSR count). The van der Waals surface area contributed by atoms with Crippen LogP contribution in [0.2, 0.25) is 0 Å². The highest BCUT2D eigenvalue weighted by Gasteiger charge is 2.33. The first kappa shape index (κ1) is 15.4. The highest BCUT2D eigenvalue weighted by Crippen LogP contribution is 2.27. The summed E-state index contributed by atoms with van der Waals surface area (Å²) in [6.45, 7) is 3.85. The summed E-state index contributed by atoms with van der Waals surface area (Å²) in [6, 6.07) is 7.68. The van der Waals surface area contributed by atoms with E-state index in [1.807, 2.05) is 24.3 Å². The van der Waals surface area contributed by atoms with E-state index in [1.54, 1.807) is 0 Å². The van der Waals surface area contributed by atoms with Gasteiger partial charge in [-0.2, -0.15) is 0 Å². The van der Waals surface area contributed by atoms with Crippen molar-refractivity contribution in [2.45, 2.75) is 38.6 Å². The summed E-state index contributed by atoms with van der Waals surface area (Å²) in [5, 5.41) is 8.84. The van der Waals surface area contributed by atoms with Crippen LogP contribution in [0, 0.1) is 0 Å². The minimum atomic E-state index is -0.989. The van der Waals surface area contributed by atoms with Crippen molar-refractivity contribution in [1.82, 2.24) is 4.90 Å². The van der Waals surface area contributed by atoms with Crippen molar-refractivity contribution in [3.63, 3.8) is 0 Å². The van der Waals surface area contributed by atoms with Gasteiger partial charge in [0.25, 0.3) is 5.91 Å². The number of carboxylic acid groups (broad SMARTS) is 1. The lowest BCUT2D eigenvalue weighted by atomic mass is 10.0. The number of aliphatic carboxylic acids is 1. The Morgan fingerprint density at radius 2 is 1.90 bits per heavy atom. The summed E-state index contributed by atoms with van der Waals surface area (Å²) >= 11 is 0. The van der Waals surface area contributed by atoms with Gasteiger partial charge in [-0.25, -0.2) is 0 Å². The summed E-state index contributed by atoms with van der Waals surface area (Å²) in [7, 11) is 0. The lowest BCUT2D eigenvalue weighted by Gasteiger charge is -2.20. The van der Waals surface area contributed by atoms with Gasteiger partial charge in [-0.3, -0.25) is 9.59 Å². The molecule has 0 atom stereocenters. The Morgan fingerprint density at radius 1 is 1.29 bits per heavy atom. The molecule has 0 unspecified atom stereocenters. The Labute approximate surface area is 124 Å². The smallest absolute Gasteiger partial charge is 0.323 e. The molecule has 1 aliphatic carbocycles. The quantitative estimate of drug-likeness (QED) is 0.837. The Kier molecular flexibility index (Phi) is 4.83. The van der Waals surface area contributed by atoms with Crippen LogP contribution in [-0.4, -0.2) is 41.1 Å². The molecule has 0 bridgehead atoms. The standard InChI is InChI=1S/C16H21NO4/c1-11(2)12-3-7-14(8-4-12)21-10-15(18)17(9-16(19)20)13-5-6-13/h3-4,7-8,11,13H,5-6,9-10H2,1-2H3,(H,19,20). The number of carbonyl (C=O) groups is 2. The van der Waals surface area contributed by atoms with E-state index in [0.717, 1.165) is 12.8 Å². The third-order valence-corrected chi connectivity index (χ3v) is 3.52. The fourth-order valence-corrected chi connectivity index (χ4v) is 2.13. The predicted octanol–water partition coefficient (Wildman–Crippen LogP) is 2.26. The van der Waals surface area contributed by atoms with Crippen LogP contribution in [0.15, 0.2) is 24.3 Å². The number of hydrogen-bond donors (Lipinski definition) is 1. The van der Waals surface area contributed by atoms with Gasteiger partial charge in [0.2, 0.25) is 0 Å². The molecule has 5 heteroatoms. The maximum atomic E-state index is 12.0. The zero-order valence-electron chi connectivity index (χ0n) is 12.4. The molecule has 0 aliphatic heterocycles. The second-order valence-corrected chi connectivity index (χ2v) is 5.66. The first-order valence-electron chi connectivity index (χ1n) is 7.21. The van der Waals surface area contributed by atoms with E-state index in [0.29, 0.717) is 11.7 Å². The molecule has 21 heavy (non-hydrogen) atoms. The van der Waals surface area contributed by atoms with Crippen molar-refractivity contribution in [2.24, 2.45) is 0 Å². The zero-order valence-corrected chi connectivity index (χ0v) is 12.4. The summed E-state index contributed by atoms with van der Waals surface area (Å²) in [6.07, 6.45) is 1.75. The van der Waals surface area contributed by atoms with Crippen LogP contribution in [-0.2, 0) is 9.59 Å². The van der Waals surface area contributed by atoms with Gasteiger partial charge < -0.3 is 14.7 Å². The van der Waals surface area contributed by atoms with E-state index in [1.165, 1.54) is 10.5 Å². The lowest BCUT2D eigenvalue weighted by Crippen LogP contribution is -2.40. The van der Waals surface area contributed by atoms with E-state index >= 15 is 0 Å². The number of benzene rings is 1. The lowest BCUT2D eigenvalue weighted by molar-refractivity contribution is -0.145. The largest absolute Gasteiger partial charge is 0.484 e. The molecular formula is C16H21NO4. The molecular weight excluding hydrogens is 270 g/mol. The van der Waals surface area contributed by atoms with Crippen LogP contribution in [0.4, 0.5) is 0 Å². The van der Waals surface area contributed by atoms with Crippen LogP contribution < -0.4 is 4.74 Å². The zero-order chi connectivity index (χ0) is 15.4. The third kappa shape index (κ3) is 4.48. The highest BCUT2D eigenvalue weighted by molar-refractivity contribution is 5.83. The average molecular weight is 291 g/mol. The Morgan fingerprint density at radius 3 is 2.38 bits per heavy atom. The monoisotopic (exact) mass is 291 g/mol. The molecule has 0 radical (unpaired) electrons. The van der Waals surface area contributed by atoms with Crippen LogP contribution in [0.25, 0.3) is 0 Å². The number of rotatable bonds is 7. The molecule has 1 N–H and O–H groups in total. The molecule has 1 aromatic rings. The molecule has 0 aromatic heterocycles. The van der Waals surface area contributed by atoms with Crippen molar-refractivity contribution in [3.05, 3.63) is 29.8 Å². The van der Waals surface area contributed by atoms with Gasteiger partial charge >= 0.3 is 5.97 Å². The Balaban J connectivity index is 1.88. The van der Waals surface area contributed by atoms with E-state index < -0.39 is 5.97 Å². The number of ether oxygens (including phenoxy) is 1. The molecule has 5 nitrogen and oxygen atoms in total. The van der Waals surface area contributed by atoms with Gasteiger partial charge in [0, 0.05) is 6.04 Å². The number of carboxylic acids is 1. The van der Waals surface area contributed by atoms with Crippen LogP contribution in [0.5, 0.6) is 5.75 Å². The molecule has 1 aliphatic rings. The van der Waals surface area contributed by atoms with Crippen molar-refractivity contribution in [1.29, 1.82) is 0 Å². The molecule has 1 saturated carbocycles. The second-order valence-electron chi connectivity index (χ2n) is 5.66. The average Bonchev–Trinajstić information content (AvgIpc) is 3.27. The first-order chi connectivity index (χ1) is 9.97. The SMILES string of the molecule is CC(C)c1ccc(OCC(=O)N(CC(=O)O)C2CC2)cc1. The van der Waals surface area contributed by atoms with Crippen molar-refractivity contribution < 1.29 is 19.4 Å². The van der Waals surface area contributed by atoms with E-state index in [-0.39, 0.29) is 25.1 Å². The summed E-state index contributed by atoms with van der Waals surface area (Å²) in [5.74, 6) is -0.190. The Bertz CT molecular complexity index is 506.